The first-order valence-corrected chi connectivity index (χ1v) is 6.60. The largest absolute Gasteiger partial charge is 0.325 e. The van der Waals surface area contributed by atoms with Crippen LogP contribution >= 0.6 is 0 Å². The second-order valence-electron chi connectivity index (χ2n) is 4.52. The fourth-order valence-corrected chi connectivity index (χ4v) is 1.94. The molecule has 1 N–H and O–H groups in total. The van der Waals surface area contributed by atoms with E-state index in [1.54, 1.807) is 0 Å². The topological polar surface area (TPSA) is 52.9 Å². The lowest BCUT2D eigenvalue weighted by Gasteiger charge is -2.09. The van der Waals surface area contributed by atoms with Crippen LogP contribution in [-0.4, -0.2) is 5.91 Å². The predicted octanol–water partition coefficient (Wildman–Crippen LogP) is 3.84. The highest BCUT2D eigenvalue weighted by Crippen LogP contribution is 2.21. The summed E-state index contributed by atoms with van der Waals surface area (Å²) in [6.45, 7) is 1.83. The number of hydrogen-bond acceptors (Lipinski definition) is 2. The number of nitrogens with zero attached hydrogens (tertiary/aromatic N) is 1. The Morgan fingerprint density at radius 2 is 1.70 bits per heavy atom. The molecule has 100 valence electrons. The molecule has 0 saturated heterocycles. The van der Waals surface area contributed by atoms with E-state index in [2.05, 4.69) is 5.32 Å². The summed E-state index contributed by atoms with van der Waals surface area (Å²) in [5, 5.41) is 11.6. The summed E-state index contributed by atoms with van der Waals surface area (Å²) in [4.78, 5) is 11.8. The fraction of sp³-hybridized carbons (Fsp3) is 0.176. The van der Waals surface area contributed by atoms with E-state index in [0.717, 1.165) is 11.1 Å². The zero-order chi connectivity index (χ0) is 14.4. The van der Waals surface area contributed by atoms with Crippen molar-refractivity contribution in [3.05, 3.63) is 54.6 Å². The van der Waals surface area contributed by atoms with Crippen LogP contribution in [0.5, 0.6) is 0 Å². The van der Waals surface area contributed by atoms with Gasteiger partial charge in [0, 0.05) is 5.69 Å². The molecule has 1 amide bonds. The molecular weight excluding hydrogens is 248 g/mol. The minimum atomic E-state index is -0.594. The number of carbonyl (C=O) groups excluding carboxylic acids is 1. The number of anilines is 1. The third-order valence-electron chi connectivity index (χ3n) is 3.14. The maximum Gasteiger partial charge on any atom is 0.241 e. The van der Waals surface area contributed by atoms with Crippen LogP contribution < -0.4 is 5.32 Å². The average molecular weight is 264 g/mol. The minimum absolute atomic E-state index is 0.248. The molecule has 0 spiro atoms. The number of carbonyl (C=O) groups is 1. The summed E-state index contributed by atoms with van der Waals surface area (Å²) >= 11 is 0. The maximum absolute atomic E-state index is 11.8. The standard InChI is InChI=1S/C17H16N2O/c1-2-13(12-18)17(20)19-16-10-8-15(9-11-16)14-6-4-3-5-7-14/h3-11,13H,2H2,1H3,(H,19,20). The molecular formula is C17H16N2O. The lowest BCUT2D eigenvalue weighted by molar-refractivity contribution is -0.118. The molecule has 1 atom stereocenters. The number of nitrogens with one attached hydrogen (secondary N) is 1. The Morgan fingerprint density at radius 1 is 1.10 bits per heavy atom. The molecule has 0 aliphatic rings. The van der Waals surface area contributed by atoms with Crippen LogP contribution in [0.15, 0.2) is 54.6 Å². The Labute approximate surface area is 118 Å². The van der Waals surface area contributed by atoms with E-state index in [-0.39, 0.29) is 5.91 Å². The zero-order valence-corrected chi connectivity index (χ0v) is 11.3. The number of amides is 1. The zero-order valence-electron chi connectivity index (χ0n) is 11.3. The Morgan fingerprint density at radius 3 is 2.25 bits per heavy atom. The molecule has 0 fully saturated rings. The maximum atomic E-state index is 11.8. The molecule has 0 aromatic heterocycles. The SMILES string of the molecule is CCC(C#N)C(=O)Nc1ccc(-c2ccccc2)cc1. The van der Waals surface area contributed by atoms with Gasteiger partial charge < -0.3 is 5.32 Å². The summed E-state index contributed by atoms with van der Waals surface area (Å²) in [6.07, 6.45) is 0.518. The van der Waals surface area contributed by atoms with Gasteiger partial charge in [-0.05, 0) is 29.7 Å². The summed E-state index contributed by atoms with van der Waals surface area (Å²) in [5.41, 5.74) is 2.94. The van der Waals surface area contributed by atoms with Gasteiger partial charge in [0.2, 0.25) is 5.91 Å². The Balaban J connectivity index is 2.10. The molecule has 0 radical (unpaired) electrons. The van der Waals surface area contributed by atoms with Crippen LogP contribution in [0.4, 0.5) is 5.69 Å². The molecule has 0 bridgehead atoms. The van der Waals surface area contributed by atoms with Crippen LogP contribution in [0.25, 0.3) is 11.1 Å². The van der Waals surface area contributed by atoms with Gasteiger partial charge in [0.15, 0.2) is 0 Å². The lowest BCUT2D eigenvalue weighted by atomic mass is 10.0. The second-order valence-corrected chi connectivity index (χ2v) is 4.52. The van der Waals surface area contributed by atoms with E-state index >= 15 is 0 Å². The predicted molar refractivity (Wildman–Crippen MR) is 79.9 cm³/mol. The Hall–Kier alpha value is -2.60. The summed E-state index contributed by atoms with van der Waals surface area (Å²) < 4.78 is 0. The van der Waals surface area contributed by atoms with Crippen molar-refractivity contribution >= 4 is 11.6 Å². The fourth-order valence-electron chi connectivity index (χ4n) is 1.94. The van der Waals surface area contributed by atoms with Crippen LogP contribution in [0, 0.1) is 17.2 Å². The second kappa shape index (κ2) is 6.53. The molecule has 0 saturated carbocycles. The van der Waals surface area contributed by atoms with Gasteiger partial charge in [-0.25, -0.2) is 0 Å². The summed E-state index contributed by atoms with van der Waals surface area (Å²) in [5.74, 6) is -0.841. The monoisotopic (exact) mass is 264 g/mol. The Kier molecular flexibility index (Phi) is 4.52. The van der Waals surface area contributed by atoms with Crippen molar-refractivity contribution in [3.8, 4) is 17.2 Å². The summed E-state index contributed by atoms with van der Waals surface area (Å²) in [6, 6.07) is 19.6. The highest BCUT2D eigenvalue weighted by atomic mass is 16.1. The lowest BCUT2D eigenvalue weighted by Crippen LogP contribution is -2.20. The van der Waals surface area contributed by atoms with Gasteiger partial charge in [0.05, 0.1) is 6.07 Å². The third kappa shape index (κ3) is 3.24. The van der Waals surface area contributed by atoms with Gasteiger partial charge in [-0.3, -0.25) is 4.79 Å². The minimum Gasteiger partial charge on any atom is -0.325 e. The molecule has 0 heterocycles. The highest BCUT2D eigenvalue weighted by Gasteiger charge is 2.15. The third-order valence-corrected chi connectivity index (χ3v) is 3.14. The van der Waals surface area contributed by atoms with Gasteiger partial charge in [0.25, 0.3) is 0 Å². The first-order valence-electron chi connectivity index (χ1n) is 6.60. The molecule has 2 rings (SSSR count). The van der Waals surface area contributed by atoms with Crippen molar-refractivity contribution in [1.82, 2.24) is 0 Å². The van der Waals surface area contributed by atoms with Crippen molar-refractivity contribution in [3.63, 3.8) is 0 Å². The van der Waals surface area contributed by atoms with Gasteiger partial charge in [-0.1, -0.05) is 49.4 Å². The molecule has 0 aliphatic heterocycles. The van der Waals surface area contributed by atoms with Gasteiger partial charge in [-0.15, -0.1) is 0 Å². The van der Waals surface area contributed by atoms with Crippen LogP contribution in [0.2, 0.25) is 0 Å². The van der Waals surface area contributed by atoms with E-state index in [9.17, 15) is 4.79 Å². The van der Waals surface area contributed by atoms with E-state index in [1.165, 1.54) is 0 Å². The van der Waals surface area contributed by atoms with E-state index in [1.807, 2.05) is 67.6 Å². The number of nitriles is 1. The van der Waals surface area contributed by atoms with Crippen LogP contribution in [0.3, 0.4) is 0 Å². The quantitative estimate of drug-likeness (QED) is 0.912. The van der Waals surface area contributed by atoms with Crippen molar-refractivity contribution in [2.24, 2.45) is 5.92 Å². The number of rotatable bonds is 4. The van der Waals surface area contributed by atoms with Crippen LogP contribution in [0.1, 0.15) is 13.3 Å². The molecule has 2 aromatic rings. The molecule has 1 unspecified atom stereocenters. The van der Waals surface area contributed by atoms with E-state index in [0.29, 0.717) is 12.1 Å². The van der Waals surface area contributed by atoms with Crippen molar-refractivity contribution in [2.75, 3.05) is 5.32 Å². The van der Waals surface area contributed by atoms with Gasteiger partial charge >= 0.3 is 0 Å². The number of hydrogen-bond donors (Lipinski definition) is 1. The van der Waals surface area contributed by atoms with E-state index in [4.69, 9.17) is 5.26 Å². The van der Waals surface area contributed by atoms with Gasteiger partial charge in [-0.2, -0.15) is 5.26 Å². The highest BCUT2D eigenvalue weighted by molar-refractivity contribution is 5.94. The average Bonchev–Trinajstić information content (AvgIpc) is 2.50. The van der Waals surface area contributed by atoms with Crippen LogP contribution in [-0.2, 0) is 4.79 Å². The van der Waals surface area contributed by atoms with Crippen molar-refractivity contribution in [1.29, 1.82) is 5.26 Å². The van der Waals surface area contributed by atoms with Crippen molar-refractivity contribution in [2.45, 2.75) is 13.3 Å². The summed E-state index contributed by atoms with van der Waals surface area (Å²) in [7, 11) is 0. The number of benzene rings is 2. The smallest absolute Gasteiger partial charge is 0.241 e. The molecule has 3 heteroatoms. The van der Waals surface area contributed by atoms with E-state index < -0.39 is 5.92 Å². The normalized spacial score (nSPS) is 11.4. The molecule has 20 heavy (non-hydrogen) atoms. The van der Waals surface area contributed by atoms with Gasteiger partial charge in [0.1, 0.15) is 5.92 Å². The molecule has 3 nitrogen and oxygen atoms in total. The Bertz CT molecular complexity index is 612. The van der Waals surface area contributed by atoms with Crippen molar-refractivity contribution < 1.29 is 4.79 Å². The molecule has 0 aliphatic carbocycles. The molecule has 2 aromatic carbocycles. The first kappa shape index (κ1) is 13.8. The first-order chi connectivity index (χ1) is 9.74.